The van der Waals surface area contributed by atoms with Crippen molar-refractivity contribution in [3.63, 3.8) is 0 Å². The predicted molar refractivity (Wildman–Crippen MR) is 76.4 cm³/mol. The molecule has 7 heteroatoms. The van der Waals surface area contributed by atoms with Crippen molar-refractivity contribution >= 4 is 38.3 Å². The molecule has 0 spiro atoms. The molecule has 1 atom stereocenters. The lowest BCUT2D eigenvalue weighted by atomic mass is 10.1. The summed E-state index contributed by atoms with van der Waals surface area (Å²) in [5.41, 5.74) is 0.731. The van der Waals surface area contributed by atoms with Crippen LogP contribution in [0.15, 0.2) is 18.3 Å². The summed E-state index contributed by atoms with van der Waals surface area (Å²) in [6.45, 7) is 0.606. The van der Waals surface area contributed by atoms with Gasteiger partial charge >= 0.3 is 0 Å². The van der Waals surface area contributed by atoms with E-state index in [1.807, 2.05) is 6.07 Å². The molecular weight excluding hydrogens is 286 g/mol. The molecule has 102 valence electrons. The van der Waals surface area contributed by atoms with Gasteiger partial charge in [0, 0.05) is 18.1 Å². The summed E-state index contributed by atoms with van der Waals surface area (Å²) >= 11 is 6.15. The Morgan fingerprint density at radius 1 is 1.53 bits per heavy atom. The summed E-state index contributed by atoms with van der Waals surface area (Å²) in [4.78, 5) is 7.40. The average molecular weight is 300 g/mol. The fourth-order valence-corrected chi connectivity index (χ4v) is 4.49. The van der Waals surface area contributed by atoms with Crippen LogP contribution in [0.2, 0.25) is 5.02 Å². The van der Waals surface area contributed by atoms with E-state index in [1.165, 1.54) is 0 Å². The van der Waals surface area contributed by atoms with Crippen LogP contribution in [0.3, 0.4) is 0 Å². The summed E-state index contributed by atoms with van der Waals surface area (Å²) in [5.74, 6) is 1.39. The highest BCUT2D eigenvalue weighted by Crippen LogP contribution is 2.25. The van der Waals surface area contributed by atoms with Crippen LogP contribution in [-0.2, 0) is 9.84 Å². The zero-order valence-corrected chi connectivity index (χ0v) is 11.8. The van der Waals surface area contributed by atoms with E-state index in [2.05, 4.69) is 15.3 Å². The zero-order valence-electron chi connectivity index (χ0n) is 10.2. The SMILES string of the molecule is O=S1(=O)CC[C@H](CNc2cc(Cl)c3cc[nH]c3n2)C1. The lowest BCUT2D eigenvalue weighted by Gasteiger charge is -2.10. The number of pyridine rings is 1. The minimum Gasteiger partial charge on any atom is -0.370 e. The fraction of sp³-hybridized carbons (Fsp3) is 0.417. The van der Waals surface area contributed by atoms with Gasteiger partial charge in [0.05, 0.1) is 16.5 Å². The maximum Gasteiger partial charge on any atom is 0.150 e. The van der Waals surface area contributed by atoms with Gasteiger partial charge in [-0.2, -0.15) is 0 Å². The minimum absolute atomic E-state index is 0.157. The number of anilines is 1. The molecule has 0 aromatic carbocycles. The average Bonchev–Trinajstić information content (AvgIpc) is 2.93. The number of H-pyrrole nitrogens is 1. The molecule has 2 N–H and O–H groups in total. The molecule has 0 amide bonds. The zero-order chi connectivity index (χ0) is 13.5. The van der Waals surface area contributed by atoms with Gasteiger partial charge in [-0.3, -0.25) is 0 Å². The van der Waals surface area contributed by atoms with Crippen molar-refractivity contribution in [3.05, 3.63) is 23.4 Å². The molecule has 0 saturated carbocycles. The third kappa shape index (κ3) is 2.69. The van der Waals surface area contributed by atoms with Crippen LogP contribution >= 0.6 is 11.6 Å². The van der Waals surface area contributed by atoms with Crippen molar-refractivity contribution < 1.29 is 8.42 Å². The topological polar surface area (TPSA) is 74.8 Å². The first-order valence-corrected chi connectivity index (χ1v) is 8.31. The number of aromatic nitrogens is 2. The van der Waals surface area contributed by atoms with Crippen molar-refractivity contribution in [3.8, 4) is 0 Å². The van der Waals surface area contributed by atoms with Crippen molar-refractivity contribution in [2.75, 3.05) is 23.4 Å². The van der Waals surface area contributed by atoms with Gasteiger partial charge in [0.1, 0.15) is 11.5 Å². The first-order valence-electron chi connectivity index (χ1n) is 6.11. The summed E-state index contributed by atoms with van der Waals surface area (Å²) in [6, 6.07) is 3.64. The molecule has 1 aliphatic heterocycles. The number of halogens is 1. The number of aromatic amines is 1. The van der Waals surface area contributed by atoms with Gasteiger partial charge in [0.2, 0.25) is 0 Å². The van der Waals surface area contributed by atoms with Crippen LogP contribution in [0.25, 0.3) is 11.0 Å². The Bertz CT molecular complexity index is 711. The van der Waals surface area contributed by atoms with E-state index in [9.17, 15) is 8.42 Å². The van der Waals surface area contributed by atoms with Gasteiger partial charge in [0.15, 0.2) is 9.84 Å². The maximum absolute atomic E-state index is 11.4. The van der Waals surface area contributed by atoms with Crippen LogP contribution in [0.5, 0.6) is 0 Å². The van der Waals surface area contributed by atoms with Gasteiger partial charge in [0.25, 0.3) is 0 Å². The number of sulfone groups is 1. The molecule has 3 heterocycles. The maximum atomic E-state index is 11.4. The van der Waals surface area contributed by atoms with Crippen molar-refractivity contribution in [1.29, 1.82) is 0 Å². The van der Waals surface area contributed by atoms with E-state index in [0.717, 1.165) is 11.0 Å². The van der Waals surface area contributed by atoms with Gasteiger partial charge in [-0.05, 0) is 24.5 Å². The smallest absolute Gasteiger partial charge is 0.150 e. The molecular formula is C12H14ClN3O2S. The Labute approximate surface area is 116 Å². The molecule has 1 aliphatic rings. The number of fused-ring (bicyclic) bond motifs is 1. The second kappa shape index (κ2) is 4.68. The predicted octanol–water partition coefficient (Wildman–Crippen LogP) is 2.06. The number of rotatable bonds is 3. The minimum atomic E-state index is -2.83. The van der Waals surface area contributed by atoms with Gasteiger partial charge in [-0.1, -0.05) is 11.6 Å². The molecule has 1 fully saturated rings. The molecule has 1 saturated heterocycles. The number of hydrogen-bond acceptors (Lipinski definition) is 4. The monoisotopic (exact) mass is 299 g/mol. The fourth-order valence-electron chi connectivity index (χ4n) is 2.37. The molecule has 2 aromatic rings. The molecule has 2 aromatic heterocycles. The molecule has 0 aliphatic carbocycles. The Balaban J connectivity index is 1.72. The second-order valence-electron chi connectivity index (χ2n) is 4.88. The standard InChI is InChI=1S/C12H14ClN3O2S/c13-10-5-11(16-12-9(10)1-3-14-12)15-6-8-2-4-19(17,18)7-8/h1,3,5,8H,2,4,6-7H2,(H2,14,15,16)/t8-/m1/s1. The normalized spacial score (nSPS) is 21.8. The highest BCUT2D eigenvalue weighted by molar-refractivity contribution is 7.91. The molecule has 0 unspecified atom stereocenters. The van der Waals surface area contributed by atoms with Crippen molar-refractivity contribution in [2.45, 2.75) is 6.42 Å². The second-order valence-corrected chi connectivity index (χ2v) is 7.52. The van der Waals surface area contributed by atoms with Crippen LogP contribution in [0, 0.1) is 5.92 Å². The molecule has 0 radical (unpaired) electrons. The van der Waals surface area contributed by atoms with E-state index in [-0.39, 0.29) is 11.7 Å². The number of nitrogens with one attached hydrogen (secondary N) is 2. The van der Waals surface area contributed by atoms with Crippen LogP contribution in [-0.4, -0.2) is 36.4 Å². The van der Waals surface area contributed by atoms with Gasteiger partial charge in [-0.25, -0.2) is 13.4 Å². The lowest BCUT2D eigenvalue weighted by Crippen LogP contribution is -2.16. The number of hydrogen-bond donors (Lipinski definition) is 2. The Hall–Kier alpha value is -1.27. The summed E-state index contributed by atoms with van der Waals surface area (Å²) in [5, 5.41) is 4.68. The lowest BCUT2D eigenvalue weighted by molar-refractivity contribution is 0.595. The van der Waals surface area contributed by atoms with E-state index >= 15 is 0 Å². The van der Waals surface area contributed by atoms with Crippen molar-refractivity contribution in [2.24, 2.45) is 5.92 Å². The quantitative estimate of drug-likeness (QED) is 0.910. The largest absolute Gasteiger partial charge is 0.370 e. The van der Waals surface area contributed by atoms with E-state index in [1.54, 1.807) is 12.3 Å². The number of nitrogens with zero attached hydrogens (tertiary/aromatic N) is 1. The van der Waals surface area contributed by atoms with Gasteiger partial charge < -0.3 is 10.3 Å². The Kier molecular flexibility index (Phi) is 3.14. The molecule has 3 rings (SSSR count). The summed E-state index contributed by atoms with van der Waals surface area (Å²) in [7, 11) is -2.83. The van der Waals surface area contributed by atoms with Gasteiger partial charge in [-0.15, -0.1) is 0 Å². The summed E-state index contributed by atoms with van der Waals surface area (Å²) in [6.07, 6.45) is 2.50. The van der Waals surface area contributed by atoms with Crippen LogP contribution in [0.4, 0.5) is 5.82 Å². The van der Waals surface area contributed by atoms with E-state index in [4.69, 9.17) is 11.6 Å². The van der Waals surface area contributed by atoms with Crippen LogP contribution in [0.1, 0.15) is 6.42 Å². The Morgan fingerprint density at radius 3 is 3.11 bits per heavy atom. The summed E-state index contributed by atoms with van der Waals surface area (Å²) < 4.78 is 22.8. The van der Waals surface area contributed by atoms with Crippen molar-refractivity contribution in [1.82, 2.24) is 9.97 Å². The third-order valence-electron chi connectivity index (χ3n) is 3.38. The molecule has 19 heavy (non-hydrogen) atoms. The first-order chi connectivity index (χ1) is 9.03. The van der Waals surface area contributed by atoms with E-state index in [0.29, 0.717) is 29.6 Å². The highest BCUT2D eigenvalue weighted by Gasteiger charge is 2.27. The Morgan fingerprint density at radius 2 is 2.37 bits per heavy atom. The first kappa shape index (κ1) is 12.7. The van der Waals surface area contributed by atoms with E-state index < -0.39 is 9.84 Å². The third-order valence-corrected chi connectivity index (χ3v) is 5.53. The van der Waals surface area contributed by atoms with Crippen LogP contribution < -0.4 is 5.32 Å². The highest BCUT2D eigenvalue weighted by atomic mass is 35.5. The molecule has 5 nitrogen and oxygen atoms in total. The molecule has 0 bridgehead atoms.